The number of hydrogen-bond donors (Lipinski definition) is 0. The van der Waals surface area contributed by atoms with Crippen molar-refractivity contribution in [2.24, 2.45) is 0 Å². The summed E-state index contributed by atoms with van der Waals surface area (Å²) in [6, 6.07) is 0.553. The van der Waals surface area contributed by atoms with Crippen LogP contribution in [0.25, 0.3) is 0 Å². The average molecular weight is 310 g/mol. The smallest absolute Gasteiger partial charge is 0.410 e. The Hall–Kier alpha value is -1.79. The molecule has 0 N–H and O–H groups in total. The van der Waals surface area contributed by atoms with Crippen LogP contribution in [0.5, 0.6) is 0 Å². The minimum absolute atomic E-state index is 0.0259. The third kappa shape index (κ3) is 3.90. The Morgan fingerprint density at radius 2 is 2.05 bits per heavy atom. The summed E-state index contributed by atoms with van der Waals surface area (Å²) < 4.78 is 10.8. The third-order valence-corrected chi connectivity index (χ3v) is 3.47. The molecule has 1 saturated heterocycles. The van der Waals surface area contributed by atoms with Gasteiger partial charge in [0.25, 0.3) is 0 Å². The molecule has 7 heteroatoms. The van der Waals surface area contributed by atoms with Gasteiger partial charge in [-0.25, -0.2) is 4.79 Å². The summed E-state index contributed by atoms with van der Waals surface area (Å²) in [4.78, 5) is 20.4. The second-order valence-corrected chi connectivity index (χ2v) is 7.06. The molecule has 1 aromatic rings. The highest BCUT2D eigenvalue weighted by atomic mass is 16.6. The highest BCUT2D eigenvalue weighted by molar-refractivity contribution is 5.69. The minimum Gasteiger partial charge on any atom is -0.444 e. The van der Waals surface area contributed by atoms with Crippen LogP contribution in [-0.4, -0.2) is 52.4 Å². The van der Waals surface area contributed by atoms with Crippen LogP contribution in [0.2, 0.25) is 0 Å². The fraction of sp³-hybridized carbons (Fsp3) is 0.800. The molecule has 2 heterocycles. The molecule has 1 fully saturated rings. The molecule has 1 atom stereocenters. The Kier molecular flexibility index (Phi) is 4.63. The van der Waals surface area contributed by atoms with Crippen LogP contribution >= 0.6 is 0 Å². The Morgan fingerprint density at radius 1 is 1.36 bits per heavy atom. The summed E-state index contributed by atoms with van der Waals surface area (Å²) in [5, 5.41) is 3.99. The molecule has 1 aliphatic rings. The summed E-state index contributed by atoms with van der Waals surface area (Å²) in [7, 11) is 0. The van der Waals surface area contributed by atoms with E-state index in [9.17, 15) is 4.79 Å². The quantitative estimate of drug-likeness (QED) is 0.836. The predicted octanol–water partition coefficient (Wildman–Crippen LogP) is 2.64. The molecule has 124 valence electrons. The largest absolute Gasteiger partial charge is 0.444 e. The number of carbonyl (C=O) groups excluding carboxylic acids is 1. The minimum atomic E-state index is -0.480. The van der Waals surface area contributed by atoms with E-state index < -0.39 is 5.60 Å². The van der Waals surface area contributed by atoms with Gasteiger partial charge >= 0.3 is 12.1 Å². The normalized spacial score (nSPS) is 19.7. The first kappa shape index (κ1) is 16.6. The second-order valence-electron chi connectivity index (χ2n) is 7.06. The van der Waals surface area contributed by atoms with Gasteiger partial charge in [-0.1, -0.05) is 19.0 Å². The van der Waals surface area contributed by atoms with Gasteiger partial charge in [-0.2, -0.15) is 4.98 Å². The van der Waals surface area contributed by atoms with Crippen molar-refractivity contribution in [2.75, 3.05) is 24.5 Å². The lowest BCUT2D eigenvalue weighted by molar-refractivity contribution is 0.0156. The summed E-state index contributed by atoms with van der Waals surface area (Å²) in [5.74, 6) is 0.940. The van der Waals surface area contributed by atoms with Gasteiger partial charge in [-0.05, 0) is 27.7 Å². The highest BCUT2D eigenvalue weighted by Gasteiger charge is 2.32. The maximum absolute atomic E-state index is 12.2. The monoisotopic (exact) mass is 310 g/mol. The van der Waals surface area contributed by atoms with Gasteiger partial charge in [0, 0.05) is 31.6 Å². The van der Waals surface area contributed by atoms with Gasteiger partial charge < -0.3 is 19.1 Å². The molecule has 1 aliphatic heterocycles. The summed E-state index contributed by atoms with van der Waals surface area (Å²) in [6.07, 6.45) is -0.270. The van der Waals surface area contributed by atoms with E-state index in [4.69, 9.17) is 9.26 Å². The van der Waals surface area contributed by atoms with Crippen molar-refractivity contribution in [3.8, 4) is 0 Å². The molecule has 1 amide bonds. The molecule has 7 nitrogen and oxygen atoms in total. The fourth-order valence-electron chi connectivity index (χ4n) is 2.31. The Bertz CT molecular complexity index is 521. The number of carbonyl (C=O) groups is 1. The fourth-order valence-corrected chi connectivity index (χ4v) is 2.31. The van der Waals surface area contributed by atoms with Crippen LogP contribution < -0.4 is 4.90 Å². The van der Waals surface area contributed by atoms with Crippen LogP contribution in [0.1, 0.15) is 53.3 Å². The molecule has 0 radical (unpaired) electrons. The molecule has 2 rings (SSSR count). The number of ether oxygens (including phenoxy) is 1. The summed E-state index contributed by atoms with van der Waals surface area (Å²) in [6.45, 7) is 13.6. The van der Waals surface area contributed by atoms with Gasteiger partial charge in [-0.3, -0.25) is 0 Å². The first-order valence-electron chi connectivity index (χ1n) is 7.75. The van der Waals surface area contributed by atoms with Crippen molar-refractivity contribution in [1.82, 2.24) is 15.0 Å². The molecular weight excluding hydrogens is 284 g/mol. The molecule has 22 heavy (non-hydrogen) atoms. The van der Waals surface area contributed by atoms with Gasteiger partial charge in [0.15, 0.2) is 5.82 Å². The zero-order valence-corrected chi connectivity index (χ0v) is 14.3. The van der Waals surface area contributed by atoms with E-state index in [1.54, 1.807) is 4.90 Å². The maximum atomic E-state index is 12.2. The number of aromatic nitrogens is 2. The molecule has 0 aliphatic carbocycles. The average Bonchev–Trinajstić information content (AvgIpc) is 2.85. The standard InChI is InChI=1S/C15H26N4O3/c1-10(2)12-16-13(22-17-12)18-7-8-19(11(3)9-18)14(20)21-15(4,5)6/h10-11H,7-9H2,1-6H3/t11-/m1/s1. The lowest BCUT2D eigenvalue weighted by Gasteiger charge is -2.39. The summed E-state index contributed by atoms with van der Waals surface area (Å²) in [5.41, 5.74) is -0.480. The van der Waals surface area contributed by atoms with Crippen molar-refractivity contribution in [3.05, 3.63) is 5.82 Å². The molecule has 1 aromatic heterocycles. The number of hydrogen-bond acceptors (Lipinski definition) is 6. The number of piperazine rings is 1. The number of anilines is 1. The molecule has 0 saturated carbocycles. The topological polar surface area (TPSA) is 71.7 Å². The lowest BCUT2D eigenvalue weighted by atomic mass is 10.2. The Morgan fingerprint density at radius 3 is 2.55 bits per heavy atom. The van der Waals surface area contributed by atoms with Gasteiger partial charge in [0.1, 0.15) is 5.60 Å². The van der Waals surface area contributed by atoms with Crippen molar-refractivity contribution in [3.63, 3.8) is 0 Å². The van der Waals surface area contributed by atoms with E-state index in [1.165, 1.54) is 0 Å². The number of amides is 1. The van der Waals surface area contributed by atoms with E-state index in [2.05, 4.69) is 10.1 Å². The van der Waals surface area contributed by atoms with Gasteiger partial charge in [0.05, 0.1) is 0 Å². The zero-order chi connectivity index (χ0) is 16.5. The summed E-state index contributed by atoms with van der Waals surface area (Å²) >= 11 is 0. The van der Waals surface area contributed by atoms with Crippen LogP contribution in [0.4, 0.5) is 10.8 Å². The zero-order valence-electron chi connectivity index (χ0n) is 14.3. The molecule has 0 aromatic carbocycles. The van der Waals surface area contributed by atoms with Crippen molar-refractivity contribution < 1.29 is 14.1 Å². The van der Waals surface area contributed by atoms with Gasteiger partial charge in [-0.15, -0.1) is 0 Å². The number of nitrogens with zero attached hydrogens (tertiary/aromatic N) is 4. The van der Waals surface area contributed by atoms with Crippen LogP contribution in [0, 0.1) is 0 Å². The maximum Gasteiger partial charge on any atom is 0.410 e. The molecule has 0 bridgehead atoms. The van der Waals surface area contributed by atoms with E-state index >= 15 is 0 Å². The first-order chi connectivity index (χ1) is 10.2. The molecule has 0 unspecified atom stereocenters. The Balaban J connectivity index is 1.98. The second kappa shape index (κ2) is 6.14. The lowest BCUT2D eigenvalue weighted by Crippen LogP contribution is -2.55. The van der Waals surface area contributed by atoms with E-state index in [0.29, 0.717) is 31.5 Å². The van der Waals surface area contributed by atoms with Crippen LogP contribution in [0.15, 0.2) is 4.52 Å². The SMILES string of the molecule is CC(C)c1noc(N2CCN(C(=O)OC(C)(C)C)[C@H](C)C2)n1. The molecular formula is C15H26N4O3. The first-order valence-corrected chi connectivity index (χ1v) is 7.75. The third-order valence-electron chi connectivity index (χ3n) is 3.47. The molecule has 0 spiro atoms. The van der Waals surface area contributed by atoms with Crippen molar-refractivity contribution >= 4 is 12.1 Å². The highest BCUT2D eigenvalue weighted by Crippen LogP contribution is 2.21. The van der Waals surface area contributed by atoms with Crippen molar-refractivity contribution in [1.29, 1.82) is 0 Å². The van der Waals surface area contributed by atoms with E-state index in [1.807, 2.05) is 46.4 Å². The van der Waals surface area contributed by atoms with E-state index in [0.717, 1.165) is 0 Å². The van der Waals surface area contributed by atoms with Crippen molar-refractivity contribution in [2.45, 2.75) is 59.1 Å². The predicted molar refractivity (Wildman–Crippen MR) is 83.0 cm³/mol. The van der Waals surface area contributed by atoms with Crippen LogP contribution in [-0.2, 0) is 4.74 Å². The Labute approximate surface area is 131 Å². The van der Waals surface area contributed by atoms with Gasteiger partial charge in [0.2, 0.25) is 0 Å². The number of rotatable bonds is 2. The van der Waals surface area contributed by atoms with E-state index in [-0.39, 0.29) is 18.1 Å². The van der Waals surface area contributed by atoms with Crippen LogP contribution in [0.3, 0.4) is 0 Å².